The van der Waals surface area contributed by atoms with Crippen molar-refractivity contribution in [3.63, 3.8) is 0 Å². The predicted octanol–water partition coefficient (Wildman–Crippen LogP) is 5.54. The Labute approximate surface area is 255 Å². The van der Waals surface area contributed by atoms with Crippen LogP contribution in [0.25, 0.3) is 0 Å². The van der Waals surface area contributed by atoms with Gasteiger partial charge >= 0.3 is 5.97 Å². The van der Waals surface area contributed by atoms with E-state index >= 15 is 0 Å². The molecule has 5 rings (SSSR count). The smallest absolute Gasteiger partial charge is 0.345 e. The minimum atomic E-state index is -0.839. The Hall–Kier alpha value is -4.61. The molecule has 1 heterocycles. The number of ketones is 1. The molecule has 43 heavy (non-hydrogen) atoms. The van der Waals surface area contributed by atoms with E-state index in [-0.39, 0.29) is 33.1 Å². The fourth-order valence-corrected chi connectivity index (χ4v) is 5.73. The lowest BCUT2D eigenvalue weighted by atomic mass is 9.81. The summed E-state index contributed by atoms with van der Waals surface area (Å²) < 4.78 is 5.34. The number of non-ortho nitro benzene ring substituents is 1. The van der Waals surface area contributed by atoms with Gasteiger partial charge in [-0.05, 0) is 67.4 Å². The molecule has 3 amide bonds. The number of ether oxygens (including phenoxy) is 1. The Balaban J connectivity index is 1.38. The molecule has 13 heteroatoms. The number of nitro groups is 1. The molecular formula is C30H23Cl2N3O8. The van der Waals surface area contributed by atoms with Crippen LogP contribution in [0.3, 0.4) is 0 Å². The summed E-state index contributed by atoms with van der Waals surface area (Å²) in [5, 5.41) is 13.1. The second-order valence-electron chi connectivity index (χ2n) is 10.1. The Morgan fingerprint density at radius 3 is 2.02 bits per heavy atom. The van der Waals surface area contributed by atoms with E-state index in [1.165, 1.54) is 54.6 Å². The van der Waals surface area contributed by atoms with Crippen molar-refractivity contribution in [1.29, 1.82) is 0 Å². The molecule has 220 valence electrons. The molecular weight excluding hydrogens is 601 g/mol. The maximum Gasteiger partial charge on any atom is 0.345 e. The van der Waals surface area contributed by atoms with Crippen molar-refractivity contribution in [2.75, 3.05) is 6.54 Å². The second-order valence-corrected chi connectivity index (χ2v) is 11.0. The minimum absolute atomic E-state index is 0.0445. The van der Waals surface area contributed by atoms with E-state index in [1.807, 2.05) is 0 Å². The normalized spacial score (nSPS) is 17.8. The van der Waals surface area contributed by atoms with Crippen molar-refractivity contribution in [1.82, 2.24) is 10.0 Å². The first-order chi connectivity index (χ1) is 20.5. The van der Waals surface area contributed by atoms with Crippen LogP contribution in [0, 0.1) is 22.0 Å². The van der Waals surface area contributed by atoms with Crippen molar-refractivity contribution in [3.05, 3.63) is 104 Å². The third-order valence-corrected chi connectivity index (χ3v) is 8.00. The number of nitrogens with zero attached hydrogens (tertiary/aromatic N) is 3. The highest BCUT2D eigenvalue weighted by atomic mass is 35.5. The number of hydrogen-bond acceptors (Lipinski definition) is 8. The number of amides is 3. The SMILES string of the molecule is O=C(CN(C(=O)c1ccc([N+](=O)[O-])cc1)N1C(=O)[C@H]2CCCC[C@H]2C1=O)c1ccc(OC(=O)c2ccc(Cl)cc2Cl)cc1. The van der Waals surface area contributed by atoms with Gasteiger partial charge in [-0.2, -0.15) is 5.01 Å². The molecule has 1 saturated heterocycles. The zero-order valence-electron chi connectivity index (χ0n) is 22.4. The van der Waals surface area contributed by atoms with Gasteiger partial charge in [0.1, 0.15) is 12.3 Å². The molecule has 0 N–H and O–H groups in total. The van der Waals surface area contributed by atoms with E-state index in [2.05, 4.69) is 0 Å². The molecule has 2 aliphatic rings. The van der Waals surface area contributed by atoms with Crippen molar-refractivity contribution in [2.45, 2.75) is 25.7 Å². The molecule has 11 nitrogen and oxygen atoms in total. The maximum atomic E-state index is 13.6. The maximum absolute atomic E-state index is 13.6. The van der Waals surface area contributed by atoms with E-state index in [4.69, 9.17) is 27.9 Å². The number of carbonyl (C=O) groups excluding carboxylic acids is 5. The minimum Gasteiger partial charge on any atom is -0.423 e. The van der Waals surface area contributed by atoms with Gasteiger partial charge in [0.25, 0.3) is 23.4 Å². The zero-order valence-corrected chi connectivity index (χ0v) is 23.9. The summed E-state index contributed by atoms with van der Waals surface area (Å²) in [6.45, 7) is -0.660. The average molecular weight is 624 g/mol. The van der Waals surface area contributed by atoms with Gasteiger partial charge in [-0.1, -0.05) is 36.0 Å². The number of fused-ring (bicyclic) bond motifs is 1. The van der Waals surface area contributed by atoms with Crippen molar-refractivity contribution in [2.24, 2.45) is 11.8 Å². The van der Waals surface area contributed by atoms with Crippen molar-refractivity contribution in [3.8, 4) is 5.75 Å². The van der Waals surface area contributed by atoms with Crippen LogP contribution in [0.1, 0.15) is 56.8 Å². The van der Waals surface area contributed by atoms with Crippen molar-refractivity contribution < 1.29 is 33.6 Å². The largest absolute Gasteiger partial charge is 0.423 e. The van der Waals surface area contributed by atoms with Crippen molar-refractivity contribution >= 4 is 58.4 Å². The lowest BCUT2D eigenvalue weighted by molar-refractivity contribution is -0.384. The highest BCUT2D eigenvalue weighted by Crippen LogP contribution is 2.39. The van der Waals surface area contributed by atoms with Gasteiger partial charge in [0.2, 0.25) is 0 Å². The number of esters is 1. The highest BCUT2D eigenvalue weighted by Gasteiger charge is 2.51. The highest BCUT2D eigenvalue weighted by molar-refractivity contribution is 6.36. The van der Waals surface area contributed by atoms with Crippen LogP contribution in [0.4, 0.5) is 5.69 Å². The fourth-order valence-electron chi connectivity index (χ4n) is 5.24. The van der Waals surface area contributed by atoms with E-state index in [1.54, 1.807) is 0 Å². The second kappa shape index (κ2) is 12.3. The summed E-state index contributed by atoms with van der Waals surface area (Å²) in [6, 6.07) is 14.4. The number of nitro benzene ring substituents is 1. The first-order valence-corrected chi connectivity index (χ1v) is 14.1. The van der Waals surface area contributed by atoms with Gasteiger partial charge in [0, 0.05) is 28.3 Å². The number of hydrogen-bond donors (Lipinski definition) is 0. The molecule has 0 radical (unpaired) electrons. The number of halogens is 2. The van der Waals surface area contributed by atoms with Crippen LogP contribution in [0.15, 0.2) is 66.7 Å². The molecule has 1 aliphatic carbocycles. The van der Waals surface area contributed by atoms with Gasteiger partial charge in [0.15, 0.2) is 5.78 Å². The lowest BCUT2D eigenvalue weighted by Crippen LogP contribution is -2.52. The number of rotatable bonds is 8. The molecule has 0 unspecified atom stereocenters. The molecule has 0 spiro atoms. The summed E-state index contributed by atoms with van der Waals surface area (Å²) >= 11 is 11.9. The first-order valence-electron chi connectivity index (χ1n) is 13.3. The monoisotopic (exact) mass is 623 g/mol. The quantitative estimate of drug-likeness (QED) is 0.0794. The van der Waals surface area contributed by atoms with Gasteiger partial charge in [-0.3, -0.25) is 29.3 Å². The number of imide groups is 1. The third-order valence-electron chi connectivity index (χ3n) is 7.45. The Kier molecular flexibility index (Phi) is 8.56. The Morgan fingerprint density at radius 2 is 1.47 bits per heavy atom. The first kappa shape index (κ1) is 29.9. The van der Waals surface area contributed by atoms with Crippen LogP contribution in [-0.4, -0.2) is 51.0 Å². The summed E-state index contributed by atoms with van der Waals surface area (Å²) in [4.78, 5) is 76.6. The zero-order chi connectivity index (χ0) is 30.8. The molecule has 2 atom stereocenters. The van der Waals surface area contributed by atoms with Crippen LogP contribution >= 0.6 is 23.2 Å². The summed E-state index contributed by atoms with van der Waals surface area (Å²) in [5.74, 6) is -4.34. The molecule has 0 bridgehead atoms. The van der Waals surface area contributed by atoms with E-state index < -0.39 is 52.8 Å². The third kappa shape index (κ3) is 6.13. The summed E-state index contributed by atoms with van der Waals surface area (Å²) in [6.07, 6.45) is 2.54. The lowest BCUT2D eigenvalue weighted by Gasteiger charge is -2.30. The molecule has 3 aromatic carbocycles. The predicted molar refractivity (Wildman–Crippen MR) is 154 cm³/mol. The van der Waals surface area contributed by atoms with E-state index in [0.717, 1.165) is 35.0 Å². The number of Topliss-reactive ketones (excluding diaryl/α,β-unsaturated/α-hetero) is 1. The number of hydrazine groups is 1. The standard InChI is InChI=1S/C30H23Cl2N3O8/c31-19-9-14-24(25(32)15-19)30(40)43-21-12-7-17(8-13-21)26(36)16-33(27(37)18-5-10-20(11-6-18)35(41)42)34-28(38)22-3-1-2-4-23(22)29(34)39/h5-15,22-23H,1-4,16H2/t22-,23+. The number of benzene rings is 3. The van der Waals surface area contributed by atoms with Crippen LogP contribution in [0.2, 0.25) is 10.0 Å². The average Bonchev–Trinajstić information content (AvgIpc) is 3.25. The van der Waals surface area contributed by atoms with Gasteiger partial charge in [-0.15, -0.1) is 0 Å². The van der Waals surface area contributed by atoms with E-state index in [0.29, 0.717) is 17.9 Å². The Bertz CT molecular complexity index is 1620. The molecule has 0 aromatic heterocycles. The Morgan fingerprint density at radius 1 is 0.884 bits per heavy atom. The van der Waals surface area contributed by atoms with Gasteiger partial charge in [0.05, 0.1) is 27.3 Å². The van der Waals surface area contributed by atoms with E-state index in [9.17, 15) is 34.1 Å². The molecule has 3 aromatic rings. The fraction of sp³-hybridized carbons (Fsp3) is 0.233. The van der Waals surface area contributed by atoms with Gasteiger partial charge < -0.3 is 4.74 Å². The molecule has 1 aliphatic heterocycles. The van der Waals surface area contributed by atoms with Crippen LogP contribution in [-0.2, 0) is 9.59 Å². The van der Waals surface area contributed by atoms with Gasteiger partial charge in [-0.25, -0.2) is 9.80 Å². The topological polar surface area (TPSA) is 144 Å². The summed E-state index contributed by atoms with van der Waals surface area (Å²) in [5.41, 5.74) is -0.0934. The van der Waals surface area contributed by atoms with Crippen LogP contribution < -0.4 is 4.74 Å². The molecule has 1 saturated carbocycles. The summed E-state index contributed by atoms with van der Waals surface area (Å²) in [7, 11) is 0. The number of carbonyl (C=O) groups is 5. The molecule has 2 fully saturated rings. The van der Waals surface area contributed by atoms with Crippen LogP contribution in [0.5, 0.6) is 5.75 Å².